The second-order valence-electron chi connectivity index (χ2n) is 5.92. The number of amides is 2. The van der Waals surface area contributed by atoms with Crippen LogP contribution in [0.2, 0.25) is 0 Å². The fourth-order valence-corrected chi connectivity index (χ4v) is 2.55. The van der Waals surface area contributed by atoms with Crippen LogP contribution in [-0.2, 0) is 17.8 Å². The maximum atomic E-state index is 12.7. The van der Waals surface area contributed by atoms with Gasteiger partial charge in [-0.3, -0.25) is 9.59 Å². The Labute approximate surface area is 161 Å². The van der Waals surface area contributed by atoms with Crippen molar-refractivity contribution in [3.63, 3.8) is 0 Å². The van der Waals surface area contributed by atoms with Crippen LogP contribution < -0.4 is 11.1 Å². The molecule has 0 heterocycles. The van der Waals surface area contributed by atoms with Gasteiger partial charge in [-0.25, -0.2) is 0 Å². The summed E-state index contributed by atoms with van der Waals surface area (Å²) >= 11 is 0. The van der Waals surface area contributed by atoms with E-state index in [1.165, 1.54) is 12.5 Å². The third-order valence-electron chi connectivity index (χ3n) is 3.94. The molecular weight excluding hydrogens is 350 g/mol. The van der Waals surface area contributed by atoms with Gasteiger partial charge in [0.2, 0.25) is 5.91 Å². The monoisotopic (exact) mass is 375 g/mol. The number of benzene rings is 2. The van der Waals surface area contributed by atoms with E-state index in [0.717, 1.165) is 12.0 Å². The smallest absolute Gasteiger partial charge is 0.253 e. The first-order valence-electron chi connectivity index (χ1n) is 8.47. The van der Waals surface area contributed by atoms with E-state index in [1.54, 1.807) is 17.0 Å². The third-order valence-corrected chi connectivity index (χ3v) is 3.94. The zero-order valence-corrected chi connectivity index (χ0v) is 15.8. The lowest BCUT2D eigenvalue weighted by atomic mass is 10.1. The van der Waals surface area contributed by atoms with Crippen molar-refractivity contribution in [1.82, 2.24) is 10.2 Å². The van der Waals surface area contributed by atoms with Gasteiger partial charge in [0.05, 0.1) is 0 Å². The Morgan fingerprint density at radius 3 is 2.19 bits per heavy atom. The van der Waals surface area contributed by atoms with E-state index in [4.69, 9.17) is 5.73 Å². The molecule has 0 spiro atoms. The standard InChI is InChI=1S/C20H25N3O2.ClH/c1-16(24)22-15-18-7-9-19(10-8-18)20(25)23(14-12-21)13-11-17-5-3-2-4-6-17;/h2-10H,11-15,21H2,1H3,(H,22,24);1H. The molecule has 0 fully saturated rings. The van der Waals surface area contributed by atoms with Crippen LogP contribution >= 0.6 is 12.4 Å². The van der Waals surface area contributed by atoms with E-state index < -0.39 is 0 Å². The summed E-state index contributed by atoms with van der Waals surface area (Å²) in [5.74, 6) is -0.0948. The van der Waals surface area contributed by atoms with Crippen molar-refractivity contribution in [2.24, 2.45) is 5.73 Å². The van der Waals surface area contributed by atoms with Gasteiger partial charge in [0.1, 0.15) is 0 Å². The van der Waals surface area contributed by atoms with Gasteiger partial charge in [-0.1, -0.05) is 42.5 Å². The molecule has 26 heavy (non-hydrogen) atoms. The summed E-state index contributed by atoms with van der Waals surface area (Å²) < 4.78 is 0. The highest BCUT2D eigenvalue weighted by Gasteiger charge is 2.15. The minimum Gasteiger partial charge on any atom is -0.352 e. The van der Waals surface area contributed by atoms with Crippen molar-refractivity contribution in [3.05, 3.63) is 71.3 Å². The second-order valence-corrected chi connectivity index (χ2v) is 5.92. The molecule has 140 valence electrons. The zero-order valence-electron chi connectivity index (χ0n) is 15.0. The van der Waals surface area contributed by atoms with Crippen molar-refractivity contribution < 1.29 is 9.59 Å². The molecule has 0 bridgehead atoms. The van der Waals surface area contributed by atoms with Crippen molar-refractivity contribution in [3.8, 4) is 0 Å². The van der Waals surface area contributed by atoms with Crippen molar-refractivity contribution in [1.29, 1.82) is 0 Å². The number of rotatable bonds is 8. The predicted octanol–water partition coefficient (Wildman–Crippen LogP) is 2.39. The van der Waals surface area contributed by atoms with E-state index in [0.29, 0.717) is 31.7 Å². The molecule has 0 unspecified atom stereocenters. The molecule has 2 aromatic carbocycles. The van der Waals surface area contributed by atoms with Gasteiger partial charge in [-0.05, 0) is 29.7 Å². The van der Waals surface area contributed by atoms with Gasteiger partial charge in [0, 0.05) is 38.7 Å². The van der Waals surface area contributed by atoms with Crippen LogP contribution in [0.25, 0.3) is 0 Å². The molecule has 0 atom stereocenters. The molecule has 0 aromatic heterocycles. The van der Waals surface area contributed by atoms with Gasteiger partial charge in [0.15, 0.2) is 0 Å². The number of nitrogens with one attached hydrogen (secondary N) is 1. The van der Waals surface area contributed by atoms with E-state index in [-0.39, 0.29) is 24.2 Å². The molecule has 5 nitrogen and oxygen atoms in total. The third kappa shape index (κ3) is 6.86. The van der Waals surface area contributed by atoms with E-state index in [2.05, 4.69) is 17.4 Å². The molecule has 0 aliphatic rings. The SMILES string of the molecule is CC(=O)NCc1ccc(C(=O)N(CCN)CCc2ccccc2)cc1.Cl. The molecule has 0 saturated carbocycles. The predicted molar refractivity (Wildman–Crippen MR) is 106 cm³/mol. The summed E-state index contributed by atoms with van der Waals surface area (Å²) in [5.41, 5.74) is 8.46. The van der Waals surface area contributed by atoms with Crippen molar-refractivity contribution in [2.45, 2.75) is 19.9 Å². The highest BCUT2D eigenvalue weighted by atomic mass is 35.5. The van der Waals surface area contributed by atoms with E-state index >= 15 is 0 Å². The summed E-state index contributed by atoms with van der Waals surface area (Å²) in [6, 6.07) is 17.4. The second kappa shape index (κ2) is 11.3. The van der Waals surface area contributed by atoms with E-state index in [9.17, 15) is 9.59 Å². The van der Waals surface area contributed by atoms with Crippen LogP contribution in [0.15, 0.2) is 54.6 Å². The number of carbonyl (C=O) groups is 2. The lowest BCUT2D eigenvalue weighted by molar-refractivity contribution is -0.119. The largest absolute Gasteiger partial charge is 0.352 e. The number of nitrogens with two attached hydrogens (primary N) is 1. The molecule has 2 amide bonds. The molecule has 2 rings (SSSR count). The first-order chi connectivity index (χ1) is 12.1. The summed E-state index contributed by atoms with van der Waals surface area (Å²) in [5, 5.41) is 2.74. The van der Waals surface area contributed by atoms with Gasteiger partial charge in [-0.15, -0.1) is 12.4 Å². The average molecular weight is 376 g/mol. The Morgan fingerprint density at radius 1 is 0.962 bits per heavy atom. The zero-order chi connectivity index (χ0) is 18.1. The molecule has 0 radical (unpaired) electrons. The van der Waals surface area contributed by atoms with Crippen molar-refractivity contribution >= 4 is 24.2 Å². The number of nitrogens with zero attached hydrogens (tertiary/aromatic N) is 1. The summed E-state index contributed by atoms with van der Waals surface area (Å²) in [7, 11) is 0. The highest BCUT2D eigenvalue weighted by molar-refractivity contribution is 5.94. The van der Waals surface area contributed by atoms with Gasteiger partial charge in [-0.2, -0.15) is 0 Å². The first-order valence-corrected chi connectivity index (χ1v) is 8.47. The van der Waals surface area contributed by atoms with Crippen LogP contribution in [0, 0.1) is 0 Å². The summed E-state index contributed by atoms with van der Waals surface area (Å²) in [4.78, 5) is 25.5. The number of hydrogen-bond acceptors (Lipinski definition) is 3. The van der Waals surface area contributed by atoms with Crippen LogP contribution in [0.3, 0.4) is 0 Å². The van der Waals surface area contributed by atoms with Gasteiger partial charge < -0.3 is 16.0 Å². The molecule has 0 aliphatic heterocycles. The van der Waals surface area contributed by atoms with Crippen molar-refractivity contribution in [2.75, 3.05) is 19.6 Å². The van der Waals surface area contributed by atoms with Crippen LogP contribution in [0.1, 0.15) is 28.4 Å². The summed E-state index contributed by atoms with van der Waals surface area (Å²) in [6.45, 7) is 3.54. The fourth-order valence-electron chi connectivity index (χ4n) is 2.55. The molecule has 3 N–H and O–H groups in total. The van der Waals surface area contributed by atoms with Gasteiger partial charge >= 0.3 is 0 Å². The fraction of sp³-hybridized carbons (Fsp3) is 0.300. The quantitative estimate of drug-likeness (QED) is 0.743. The Kier molecular flexibility index (Phi) is 9.41. The van der Waals surface area contributed by atoms with Crippen LogP contribution in [0.5, 0.6) is 0 Å². The summed E-state index contributed by atoms with van der Waals surface area (Å²) in [6.07, 6.45) is 0.799. The van der Waals surface area contributed by atoms with Crippen LogP contribution in [0.4, 0.5) is 0 Å². The average Bonchev–Trinajstić information content (AvgIpc) is 2.64. The topological polar surface area (TPSA) is 75.4 Å². The molecule has 6 heteroatoms. The molecule has 0 saturated heterocycles. The maximum absolute atomic E-state index is 12.7. The first kappa shape index (κ1) is 21.7. The normalized spacial score (nSPS) is 9.92. The molecular formula is C20H26ClN3O2. The minimum atomic E-state index is -0.0739. The Hall–Kier alpha value is -2.37. The van der Waals surface area contributed by atoms with Crippen LogP contribution in [-0.4, -0.2) is 36.3 Å². The molecule has 2 aromatic rings. The Bertz CT molecular complexity index is 690. The minimum absolute atomic E-state index is 0. The lowest BCUT2D eigenvalue weighted by Crippen LogP contribution is -2.37. The Balaban J connectivity index is 0.00000338. The highest BCUT2D eigenvalue weighted by Crippen LogP contribution is 2.09. The maximum Gasteiger partial charge on any atom is 0.253 e. The Morgan fingerprint density at radius 2 is 1.62 bits per heavy atom. The van der Waals surface area contributed by atoms with E-state index in [1.807, 2.05) is 30.3 Å². The number of hydrogen-bond donors (Lipinski definition) is 2. The van der Waals surface area contributed by atoms with Gasteiger partial charge in [0.25, 0.3) is 5.91 Å². The number of carbonyl (C=O) groups excluding carboxylic acids is 2. The number of halogens is 1. The lowest BCUT2D eigenvalue weighted by Gasteiger charge is -2.22. The molecule has 0 aliphatic carbocycles.